The van der Waals surface area contributed by atoms with E-state index in [1.165, 1.54) is 0 Å². The maximum atomic E-state index is 6.00. The minimum absolute atomic E-state index is 0.136. The molecule has 4 heteroatoms. The zero-order valence-corrected chi connectivity index (χ0v) is 10.6. The highest BCUT2D eigenvalue weighted by molar-refractivity contribution is 8.00. The highest BCUT2D eigenvalue weighted by Gasteiger charge is 2.29. The SMILES string of the molecule is CC(N)C(Sc1cnccn1)C(C)(C)C. The standard InChI is InChI=1S/C11H19N3S/c1-8(12)10(11(2,3)4)15-9-7-13-5-6-14-9/h5-8,10H,12H2,1-4H3. The minimum atomic E-state index is 0.136. The van der Waals surface area contributed by atoms with Gasteiger partial charge in [0.25, 0.3) is 0 Å². The zero-order chi connectivity index (χ0) is 11.5. The van der Waals surface area contributed by atoms with E-state index in [0.717, 1.165) is 5.03 Å². The molecule has 0 radical (unpaired) electrons. The second-order valence-corrected chi connectivity index (χ2v) is 5.97. The first kappa shape index (κ1) is 12.5. The van der Waals surface area contributed by atoms with Crippen LogP contribution in [0.4, 0.5) is 0 Å². The lowest BCUT2D eigenvalue weighted by Gasteiger charge is -2.32. The van der Waals surface area contributed by atoms with E-state index in [4.69, 9.17) is 5.73 Å². The number of hydrogen-bond acceptors (Lipinski definition) is 4. The Hall–Kier alpha value is -0.610. The number of aromatic nitrogens is 2. The van der Waals surface area contributed by atoms with Gasteiger partial charge in [0.15, 0.2) is 0 Å². The van der Waals surface area contributed by atoms with Crippen molar-refractivity contribution < 1.29 is 0 Å². The third-order valence-corrected chi connectivity index (χ3v) is 3.96. The van der Waals surface area contributed by atoms with Crippen LogP contribution in [0.25, 0.3) is 0 Å². The van der Waals surface area contributed by atoms with Crippen molar-refractivity contribution >= 4 is 11.8 Å². The molecule has 0 bridgehead atoms. The Morgan fingerprint density at radius 1 is 1.33 bits per heavy atom. The summed E-state index contributed by atoms with van der Waals surface area (Å²) in [6.45, 7) is 8.64. The molecule has 2 N–H and O–H groups in total. The van der Waals surface area contributed by atoms with Crippen LogP contribution in [-0.2, 0) is 0 Å². The highest BCUT2D eigenvalue weighted by atomic mass is 32.2. The van der Waals surface area contributed by atoms with Gasteiger partial charge in [-0.2, -0.15) is 0 Å². The Labute approximate surface area is 95.9 Å². The van der Waals surface area contributed by atoms with Crippen LogP contribution in [0, 0.1) is 5.41 Å². The van der Waals surface area contributed by atoms with E-state index in [0.29, 0.717) is 5.25 Å². The summed E-state index contributed by atoms with van der Waals surface area (Å²) in [5.41, 5.74) is 6.16. The molecule has 0 aliphatic rings. The zero-order valence-electron chi connectivity index (χ0n) is 9.77. The third-order valence-electron chi connectivity index (χ3n) is 2.12. The number of nitrogens with zero attached hydrogens (tertiary/aromatic N) is 2. The van der Waals surface area contributed by atoms with Gasteiger partial charge in [-0.25, -0.2) is 4.98 Å². The molecule has 15 heavy (non-hydrogen) atoms. The molecule has 1 aromatic heterocycles. The van der Waals surface area contributed by atoms with Crippen molar-refractivity contribution in [3.8, 4) is 0 Å². The molecule has 1 heterocycles. The fourth-order valence-electron chi connectivity index (χ4n) is 1.55. The highest BCUT2D eigenvalue weighted by Crippen LogP contribution is 2.35. The van der Waals surface area contributed by atoms with E-state index in [-0.39, 0.29) is 11.5 Å². The van der Waals surface area contributed by atoms with E-state index in [9.17, 15) is 0 Å². The van der Waals surface area contributed by atoms with Gasteiger partial charge in [0.2, 0.25) is 0 Å². The molecule has 1 aromatic rings. The molecular formula is C11H19N3S. The molecule has 0 amide bonds. The predicted molar refractivity (Wildman–Crippen MR) is 64.8 cm³/mol. The monoisotopic (exact) mass is 225 g/mol. The average Bonchev–Trinajstić information content (AvgIpc) is 2.13. The summed E-state index contributed by atoms with van der Waals surface area (Å²) in [5, 5.41) is 1.28. The van der Waals surface area contributed by atoms with Crippen LogP contribution in [0.3, 0.4) is 0 Å². The first-order valence-corrected chi connectivity index (χ1v) is 5.97. The molecule has 0 spiro atoms. The summed E-state index contributed by atoms with van der Waals surface area (Å²) in [7, 11) is 0. The second kappa shape index (κ2) is 4.94. The first-order valence-electron chi connectivity index (χ1n) is 5.09. The first-order chi connectivity index (χ1) is 6.91. The lowest BCUT2D eigenvalue weighted by Crippen LogP contribution is -2.38. The van der Waals surface area contributed by atoms with Crippen LogP contribution in [-0.4, -0.2) is 21.3 Å². The predicted octanol–water partition coefficient (Wildman–Crippen LogP) is 2.33. The molecule has 0 aromatic carbocycles. The van der Waals surface area contributed by atoms with Crippen LogP contribution < -0.4 is 5.73 Å². The summed E-state index contributed by atoms with van der Waals surface area (Å²) >= 11 is 1.71. The van der Waals surface area contributed by atoms with E-state index < -0.39 is 0 Å². The molecular weight excluding hydrogens is 206 g/mol. The fourth-order valence-corrected chi connectivity index (χ4v) is 2.62. The second-order valence-electron chi connectivity index (χ2n) is 4.81. The van der Waals surface area contributed by atoms with Gasteiger partial charge in [-0.3, -0.25) is 4.98 Å². The van der Waals surface area contributed by atoms with E-state index in [1.807, 2.05) is 6.92 Å². The van der Waals surface area contributed by atoms with Crippen molar-refractivity contribution in [2.24, 2.45) is 11.1 Å². The summed E-state index contributed by atoms with van der Waals surface area (Å²) in [4.78, 5) is 8.31. The maximum Gasteiger partial charge on any atom is 0.115 e. The lowest BCUT2D eigenvalue weighted by molar-refractivity contribution is 0.363. The molecule has 2 atom stereocenters. The molecule has 0 saturated carbocycles. The van der Waals surface area contributed by atoms with E-state index in [2.05, 4.69) is 30.7 Å². The molecule has 3 nitrogen and oxygen atoms in total. The fraction of sp³-hybridized carbons (Fsp3) is 0.636. The summed E-state index contributed by atoms with van der Waals surface area (Å²) < 4.78 is 0. The van der Waals surface area contributed by atoms with Gasteiger partial charge in [0.05, 0.1) is 6.20 Å². The minimum Gasteiger partial charge on any atom is -0.327 e. The van der Waals surface area contributed by atoms with Crippen LogP contribution >= 0.6 is 11.8 Å². The van der Waals surface area contributed by atoms with Gasteiger partial charge in [0, 0.05) is 23.7 Å². The van der Waals surface area contributed by atoms with Crippen LogP contribution in [0.5, 0.6) is 0 Å². The smallest absolute Gasteiger partial charge is 0.115 e. The normalized spacial score (nSPS) is 16.1. The van der Waals surface area contributed by atoms with Gasteiger partial charge in [-0.05, 0) is 12.3 Å². The van der Waals surface area contributed by atoms with Crippen molar-refractivity contribution in [1.82, 2.24) is 9.97 Å². The maximum absolute atomic E-state index is 6.00. The molecule has 0 fully saturated rings. The van der Waals surface area contributed by atoms with Gasteiger partial charge < -0.3 is 5.73 Å². The van der Waals surface area contributed by atoms with Crippen LogP contribution in [0.15, 0.2) is 23.6 Å². The number of nitrogens with two attached hydrogens (primary N) is 1. The summed E-state index contributed by atoms with van der Waals surface area (Å²) in [5.74, 6) is 0. The lowest BCUT2D eigenvalue weighted by atomic mass is 9.88. The molecule has 1 rings (SSSR count). The van der Waals surface area contributed by atoms with E-state index >= 15 is 0 Å². The Morgan fingerprint density at radius 3 is 2.40 bits per heavy atom. The van der Waals surface area contributed by atoms with Crippen LogP contribution in [0.2, 0.25) is 0 Å². The average molecular weight is 225 g/mol. The molecule has 2 unspecified atom stereocenters. The molecule has 84 valence electrons. The summed E-state index contributed by atoms with van der Waals surface area (Å²) in [6, 6.07) is 0.136. The quantitative estimate of drug-likeness (QED) is 0.802. The van der Waals surface area contributed by atoms with Gasteiger partial charge in [-0.1, -0.05) is 32.5 Å². The molecule has 0 aliphatic carbocycles. The van der Waals surface area contributed by atoms with Crippen LogP contribution in [0.1, 0.15) is 27.7 Å². The van der Waals surface area contributed by atoms with Crippen molar-refractivity contribution in [3.63, 3.8) is 0 Å². The number of thioether (sulfide) groups is 1. The van der Waals surface area contributed by atoms with Gasteiger partial charge >= 0.3 is 0 Å². The number of hydrogen-bond donors (Lipinski definition) is 1. The third kappa shape index (κ3) is 3.80. The van der Waals surface area contributed by atoms with Crippen molar-refractivity contribution in [2.45, 2.75) is 44.0 Å². The molecule has 0 saturated heterocycles. The van der Waals surface area contributed by atoms with Crippen molar-refractivity contribution in [1.29, 1.82) is 0 Å². The number of rotatable bonds is 3. The Bertz CT molecular complexity index is 292. The van der Waals surface area contributed by atoms with Crippen molar-refractivity contribution in [3.05, 3.63) is 18.6 Å². The summed E-state index contributed by atoms with van der Waals surface area (Å²) in [6.07, 6.45) is 5.18. The Morgan fingerprint density at radius 2 is 2.00 bits per heavy atom. The van der Waals surface area contributed by atoms with Gasteiger partial charge in [0.1, 0.15) is 5.03 Å². The molecule has 0 aliphatic heterocycles. The van der Waals surface area contributed by atoms with E-state index in [1.54, 1.807) is 30.4 Å². The van der Waals surface area contributed by atoms with Gasteiger partial charge in [-0.15, -0.1) is 0 Å². The topological polar surface area (TPSA) is 51.8 Å². The Kier molecular flexibility index (Phi) is 4.11. The largest absolute Gasteiger partial charge is 0.327 e. The van der Waals surface area contributed by atoms with Crippen molar-refractivity contribution in [2.75, 3.05) is 0 Å². The Balaban J connectivity index is 2.77.